The zero-order chi connectivity index (χ0) is 12.0. The first kappa shape index (κ1) is 11.1. The lowest BCUT2D eigenvalue weighted by Crippen LogP contribution is -2.02. The van der Waals surface area contributed by atoms with Gasteiger partial charge in [0.25, 0.3) is 0 Å². The van der Waals surface area contributed by atoms with Crippen molar-refractivity contribution in [3.63, 3.8) is 0 Å². The van der Waals surface area contributed by atoms with Gasteiger partial charge in [0.15, 0.2) is 5.82 Å². The molecule has 2 aromatic rings. The summed E-state index contributed by atoms with van der Waals surface area (Å²) in [5.74, 6) is 1.67. The summed E-state index contributed by atoms with van der Waals surface area (Å²) in [6.07, 6.45) is 2.37. The highest BCUT2D eigenvalue weighted by Crippen LogP contribution is 2.43. The average molecular weight is 311 g/mol. The minimum atomic E-state index is 0.502. The summed E-state index contributed by atoms with van der Waals surface area (Å²) >= 11 is 5.06. The third-order valence-electron chi connectivity index (χ3n) is 2.71. The van der Waals surface area contributed by atoms with Gasteiger partial charge in [0.05, 0.1) is 15.2 Å². The van der Waals surface area contributed by atoms with Gasteiger partial charge in [-0.1, -0.05) is 0 Å². The summed E-state index contributed by atoms with van der Waals surface area (Å²) in [5, 5.41) is 2.98. The molecule has 0 atom stereocenters. The highest BCUT2D eigenvalue weighted by Gasteiger charge is 2.29. The maximum Gasteiger partial charge on any atom is 0.181 e. The number of hydrogen-bond acceptors (Lipinski definition) is 5. The fourth-order valence-electron chi connectivity index (χ4n) is 1.69. The number of thiazole rings is 1. The maximum absolute atomic E-state index is 5.91. The minimum Gasteiger partial charge on any atom is -0.383 e. The Bertz CT molecular complexity index is 577. The molecule has 1 aliphatic carbocycles. The molecule has 3 rings (SSSR count). The summed E-state index contributed by atoms with van der Waals surface area (Å²) < 4.78 is 0.843. The van der Waals surface area contributed by atoms with Crippen LogP contribution in [0, 0.1) is 6.92 Å². The van der Waals surface area contributed by atoms with Gasteiger partial charge < -0.3 is 5.73 Å². The van der Waals surface area contributed by atoms with Crippen LogP contribution in [0.2, 0.25) is 0 Å². The molecule has 0 radical (unpaired) electrons. The molecule has 0 saturated heterocycles. The molecule has 0 spiro atoms. The van der Waals surface area contributed by atoms with Crippen LogP contribution in [0.25, 0.3) is 11.5 Å². The summed E-state index contributed by atoms with van der Waals surface area (Å²) in [7, 11) is 0. The fraction of sp³-hybridized carbons (Fsp3) is 0.364. The second-order valence-corrected chi connectivity index (χ2v) is 6.01. The van der Waals surface area contributed by atoms with Crippen LogP contribution >= 0.6 is 27.3 Å². The van der Waals surface area contributed by atoms with Crippen molar-refractivity contribution in [2.45, 2.75) is 25.7 Å². The molecule has 88 valence electrons. The smallest absolute Gasteiger partial charge is 0.181 e. The summed E-state index contributed by atoms with van der Waals surface area (Å²) in [6, 6.07) is 0. The van der Waals surface area contributed by atoms with Gasteiger partial charge in [-0.25, -0.2) is 15.0 Å². The van der Waals surface area contributed by atoms with Crippen LogP contribution in [0.3, 0.4) is 0 Å². The van der Waals surface area contributed by atoms with Gasteiger partial charge >= 0.3 is 0 Å². The van der Waals surface area contributed by atoms with E-state index in [4.69, 9.17) is 5.73 Å². The van der Waals surface area contributed by atoms with E-state index in [-0.39, 0.29) is 0 Å². The molecular weight excluding hydrogens is 300 g/mol. The van der Waals surface area contributed by atoms with Gasteiger partial charge in [-0.05, 0) is 35.7 Å². The quantitative estimate of drug-likeness (QED) is 0.925. The molecule has 1 aliphatic rings. The van der Waals surface area contributed by atoms with Crippen molar-refractivity contribution >= 4 is 33.1 Å². The molecule has 0 amide bonds. The molecule has 1 saturated carbocycles. The van der Waals surface area contributed by atoms with Gasteiger partial charge in [-0.2, -0.15) is 0 Å². The van der Waals surface area contributed by atoms with E-state index in [2.05, 4.69) is 30.9 Å². The number of nitrogen functional groups attached to an aromatic ring is 1. The Morgan fingerprint density at radius 1 is 1.35 bits per heavy atom. The van der Waals surface area contributed by atoms with Crippen molar-refractivity contribution in [3.8, 4) is 11.5 Å². The van der Waals surface area contributed by atoms with Crippen molar-refractivity contribution in [3.05, 3.63) is 20.6 Å². The highest BCUT2D eigenvalue weighted by molar-refractivity contribution is 9.10. The largest absolute Gasteiger partial charge is 0.383 e. The lowest BCUT2D eigenvalue weighted by atomic mass is 10.2. The van der Waals surface area contributed by atoms with Crippen molar-refractivity contribution in [2.75, 3.05) is 5.73 Å². The van der Waals surface area contributed by atoms with E-state index in [0.717, 1.165) is 20.9 Å². The van der Waals surface area contributed by atoms with Crippen molar-refractivity contribution < 1.29 is 0 Å². The van der Waals surface area contributed by atoms with Gasteiger partial charge in [-0.3, -0.25) is 0 Å². The zero-order valence-corrected chi connectivity index (χ0v) is 11.7. The predicted molar refractivity (Wildman–Crippen MR) is 72.0 cm³/mol. The number of hydrogen-bond donors (Lipinski definition) is 1. The monoisotopic (exact) mass is 310 g/mol. The third-order valence-corrected chi connectivity index (χ3v) is 4.30. The molecule has 4 nitrogen and oxygen atoms in total. The molecule has 1 fully saturated rings. The SMILES string of the molecule is Cc1nc(-c2nc(N)c(Br)c(C3CC3)n2)cs1. The van der Waals surface area contributed by atoms with Crippen LogP contribution in [-0.2, 0) is 0 Å². The first-order valence-electron chi connectivity index (χ1n) is 5.40. The first-order valence-corrected chi connectivity index (χ1v) is 7.08. The van der Waals surface area contributed by atoms with Crippen LogP contribution in [-0.4, -0.2) is 15.0 Å². The predicted octanol–water partition coefficient (Wildman–Crippen LogP) is 3.13. The molecule has 0 aliphatic heterocycles. The van der Waals surface area contributed by atoms with Crippen LogP contribution in [0.15, 0.2) is 9.85 Å². The number of aromatic nitrogens is 3. The molecule has 17 heavy (non-hydrogen) atoms. The lowest BCUT2D eigenvalue weighted by Gasteiger charge is -2.06. The molecule has 6 heteroatoms. The van der Waals surface area contributed by atoms with E-state index in [1.54, 1.807) is 11.3 Å². The molecular formula is C11H11BrN4S. The normalized spacial score (nSPS) is 15.2. The Hall–Kier alpha value is -1.01. The van der Waals surface area contributed by atoms with E-state index < -0.39 is 0 Å². The van der Waals surface area contributed by atoms with Gasteiger partial charge in [0, 0.05) is 11.3 Å². The number of rotatable bonds is 2. The highest BCUT2D eigenvalue weighted by atomic mass is 79.9. The van der Waals surface area contributed by atoms with Crippen molar-refractivity contribution in [1.29, 1.82) is 0 Å². The Balaban J connectivity index is 2.11. The second kappa shape index (κ2) is 4.03. The summed E-state index contributed by atoms with van der Waals surface area (Å²) in [5.41, 5.74) is 7.75. The molecule has 2 heterocycles. The van der Waals surface area contributed by atoms with E-state index >= 15 is 0 Å². The van der Waals surface area contributed by atoms with Crippen LogP contribution in [0.5, 0.6) is 0 Å². The van der Waals surface area contributed by atoms with Gasteiger partial charge in [-0.15, -0.1) is 11.3 Å². The van der Waals surface area contributed by atoms with E-state index in [1.807, 2.05) is 12.3 Å². The van der Waals surface area contributed by atoms with Crippen LogP contribution in [0.1, 0.15) is 29.5 Å². The Kier molecular flexibility index (Phi) is 2.63. The molecule has 0 aromatic carbocycles. The first-order chi connectivity index (χ1) is 8.15. The zero-order valence-electron chi connectivity index (χ0n) is 9.27. The third kappa shape index (κ3) is 2.07. The fourth-order valence-corrected chi connectivity index (χ4v) is 2.78. The van der Waals surface area contributed by atoms with Crippen LogP contribution in [0.4, 0.5) is 5.82 Å². The van der Waals surface area contributed by atoms with Crippen LogP contribution < -0.4 is 5.73 Å². The Morgan fingerprint density at radius 3 is 2.71 bits per heavy atom. The Morgan fingerprint density at radius 2 is 2.12 bits per heavy atom. The Labute approximate surface area is 111 Å². The number of halogens is 1. The molecule has 2 aromatic heterocycles. The number of nitrogens with two attached hydrogens (primary N) is 1. The van der Waals surface area contributed by atoms with E-state index in [1.165, 1.54) is 12.8 Å². The summed E-state index contributed by atoms with van der Waals surface area (Å²) in [6.45, 7) is 1.97. The van der Waals surface area contributed by atoms with E-state index in [0.29, 0.717) is 17.6 Å². The topological polar surface area (TPSA) is 64.7 Å². The van der Waals surface area contributed by atoms with Gasteiger partial charge in [0.2, 0.25) is 0 Å². The van der Waals surface area contributed by atoms with Crippen molar-refractivity contribution in [1.82, 2.24) is 15.0 Å². The minimum absolute atomic E-state index is 0.502. The average Bonchev–Trinajstić information content (AvgIpc) is 3.05. The second-order valence-electron chi connectivity index (χ2n) is 4.16. The number of aryl methyl sites for hydroxylation is 1. The van der Waals surface area contributed by atoms with E-state index in [9.17, 15) is 0 Å². The van der Waals surface area contributed by atoms with Crippen molar-refractivity contribution in [2.24, 2.45) is 0 Å². The number of nitrogens with zero attached hydrogens (tertiary/aromatic N) is 3. The maximum atomic E-state index is 5.91. The van der Waals surface area contributed by atoms with Gasteiger partial charge in [0.1, 0.15) is 11.5 Å². The summed E-state index contributed by atoms with van der Waals surface area (Å²) in [4.78, 5) is 13.3. The standard InChI is InChI=1S/C11H11BrN4S/c1-5-14-7(4-17-5)11-15-9(6-2-3-6)8(12)10(13)16-11/h4,6H,2-3H2,1H3,(H2,13,15,16). The molecule has 0 bridgehead atoms. The number of anilines is 1. The molecule has 0 unspecified atom stereocenters. The lowest BCUT2D eigenvalue weighted by molar-refractivity contribution is 0.979. The molecule has 2 N–H and O–H groups in total.